The first kappa shape index (κ1) is 18.8. The van der Waals surface area contributed by atoms with E-state index in [1.165, 1.54) is 0 Å². The van der Waals surface area contributed by atoms with E-state index in [9.17, 15) is 4.79 Å². The Morgan fingerprint density at radius 1 is 1.50 bits per heavy atom. The normalized spacial score (nSPS) is 21.4. The van der Waals surface area contributed by atoms with Crippen molar-refractivity contribution in [2.24, 2.45) is 5.92 Å². The zero-order chi connectivity index (χ0) is 15.1. The monoisotopic (exact) mass is 328 g/mol. The summed E-state index contributed by atoms with van der Waals surface area (Å²) in [6.45, 7) is 5.09. The van der Waals surface area contributed by atoms with Crippen molar-refractivity contribution >= 4 is 18.3 Å². The molecule has 124 valence electrons. The Hall–Kier alpha value is -1.24. The van der Waals surface area contributed by atoms with Gasteiger partial charge in [0.15, 0.2) is 5.69 Å². The largest absolute Gasteiger partial charge is 0.396 e. The van der Waals surface area contributed by atoms with Gasteiger partial charge in [0.1, 0.15) is 0 Å². The summed E-state index contributed by atoms with van der Waals surface area (Å²) < 4.78 is 0. The molecule has 1 saturated heterocycles. The third-order valence-electron chi connectivity index (χ3n) is 3.93. The lowest BCUT2D eigenvalue weighted by Gasteiger charge is -2.18. The highest BCUT2D eigenvalue weighted by Gasteiger charge is 2.33. The number of aliphatic hydroxyl groups excluding tert-OH is 1. The molecule has 0 unspecified atom stereocenters. The van der Waals surface area contributed by atoms with Crippen LogP contribution in [-0.2, 0) is 0 Å². The van der Waals surface area contributed by atoms with Crippen LogP contribution in [0.3, 0.4) is 0 Å². The Morgan fingerprint density at radius 3 is 2.95 bits per heavy atom. The van der Waals surface area contributed by atoms with E-state index in [0.717, 1.165) is 38.9 Å². The van der Waals surface area contributed by atoms with Crippen LogP contribution in [0.15, 0.2) is 18.3 Å². The molecule has 0 radical (unpaired) electrons. The second-order valence-electron chi connectivity index (χ2n) is 5.57. The lowest BCUT2D eigenvalue weighted by atomic mass is 9.98. The molecule has 2 rings (SSSR count). The summed E-state index contributed by atoms with van der Waals surface area (Å²) in [7, 11) is 0. The van der Waals surface area contributed by atoms with Crippen LogP contribution in [-0.4, -0.2) is 58.4 Å². The summed E-state index contributed by atoms with van der Waals surface area (Å²) in [5.41, 5.74) is 0.363. The molecule has 1 fully saturated rings. The Bertz CT molecular complexity index is 446. The van der Waals surface area contributed by atoms with Crippen LogP contribution in [0.1, 0.15) is 36.7 Å². The molecule has 2 atom stereocenters. The van der Waals surface area contributed by atoms with Gasteiger partial charge in [-0.15, -0.1) is 17.5 Å². The highest BCUT2D eigenvalue weighted by atomic mass is 35.5. The predicted molar refractivity (Wildman–Crippen MR) is 87.1 cm³/mol. The Kier molecular flexibility index (Phi) is 8.30. The number of halogens is 1. The highest BCUT2D eigenvalue weighted by Crippen LogP contribution is 2.22. The number of hydrogen-bond donors (Lipinski definition) is 2. The molecule has 0 aromatic carbocycles. The van der Waals surface area contributed by atoms with Gasteiger partial charge >= 0.3 is 0 Å². The first-order valence-electron chi connectivity index (χ1n) is 7.66. The van der Waals surface area contributed by atoms with E-state index in [0.29, 0.717) is 11.6 Å². The van der Waals surface area contributed by atoms with E-state index in [1.807, 2.05) is 0 Å². The lowest BCUT2D eigenvalue weighted by Crippen LogP contribution is -2.41. The van der Waals surface area contributed by atoms with E-state index in [4.69, 9.17) is 5.11 Å². The van der Waals surface area contributed by atoms with Crippen molar-refractivity contribution in [3.05, 3.63) is 24.0 Å². The molecule has 0 bridgehead atoms. The second kappa shape index (κ2) is 9.71. The number of carbonyl (C=O) groups excluding carboxylic acids is 1. The summed E-state index contributed by atoms with van der Waals surface area (Å²) in [5.74, 6) is 0.313. The molecule has 2 N–H and O–H groups in total. The summed E-state index contributed by atoms with van der Waals surface area (Å²) >= 11 is 0. The minimum atomic E-state index is -0.154. The topological polar surface area (TPSA) is 78.4 Å². The maximum Gasteiger partial charge on any atom is 0.272 e. The Balaban J connectivity index is 0.00000242. The fourth-order valence-corrected chi connectivity index (χ4v) is 2.93. The molecule has 0 spiro atoms. The van der Waals surface area contributed by atoms with E-state index in [-0.39, 0.29) is 31.0 Å². The molecular formula is C15H25ClN4O2. The van der Waals surface area contributed by atoms with Crippen molar-refractivity contribution in [2.45, 2.75) is 32.2 Å². The molecular weight excluding hydrogens is 304 g/mol. The zero-order valence-electron chi connectivity index (χ0n) is 12.9. The van der Waals surface area contributed by atoms with Gasteiger partial charge in [-0.2, -0.15) is 5.10 Å². The van der Waals surface area contributed by atoms with Crippen LogP contribution in [0.4, 0.5) is 0 Å². The van der Waals surface area contributed by atoms with Crippen LogP contribution in [0.2, 0.25) is 0 Å². The number of aliphatic hydroxyl groups is 1. The highest BCUT2D eigenvalue weighted by molar-refractivity contribution is 5.92. The van der Waals surface area contributed by atoms with Gasteiger partial charge in [-0.3, -0.25) is 4.79 Å². The first-order chi connectivity index (χ1) is 10.2. The second-order valence-corrected chi connectivity index (χ2v) is 5.57. The number of likely N-dealkylation sites (tertiary alicyclic amines) is 1. The SMILES string of the molecule is CCC[C@H]1CN(CCCO)C[C@@H]1NC(=O)c1cccnn1.Cl. The number of hydrogen-bond acceptors (Lipinski definition) is 5. The third kappa shape index (κ3) is 5.19. The standard InChI is InChI=1S/C15H24N4O2.ClH/c1-2-5-12-10-19(8-4-9-20)11-14(12)17-15(21)13-6-3-7-16-18-13;/h3,6-7,12,14,20H,2,4-5,8-11H2,1H3,(H,17,21);1H/t12-,14-;/m0./s1. The Morgan fingerprint density at radius 2 is 2.32 bits per heavy atom. The maximum atomic E-state index is 12.2. The van der Waals surface area contributed by atoms with Crippen molar-refractivity contribution in [1.29, 1.82) is 0 Å². The molecule has 1 amide bonds. The van der Waals surface area contributed by atoms with Gasteiger partial charge in [0.2, 0.25) is 0 Å². The fourth-order valence-electron chi connectivity index (χ4n) is 2.93. The van der Waals surface area contributed by atoms with Gasteiger partial charge in [0.05, 0.1) is 0 Å². The molecule has 1 aromatic rings. The Labute approximate surface area is 137 Å². The van der Waals surface area contributed by atoms with Crippen LogP contribution < -0.4 is 5.32 Å². The number of rotatable bonds is 7. The van der Waals surface area contributed by atoms with Gasteiger partial charge < -0.3 is 15.3 Å². The number of nitrogens with zero attached hydrogens (tertiary/aromatic N) is 3. The van der Waals surface area contributed by atoms with Crippen LogP contribution in [0.25, 0.3) is 0 Å². The van der Waals surface area contributed by atoms with Gasteiger partial charge in [-0.25, -0.2) is 0 Å². The van der Waals surface area contributed by atoms with Gasteiger partial charge in [0.25, 0.3) is 5.91 Å². The van der Waals surface area contributed by atoms with Gasteiger partial charge in [-0.05, 0) is 30.9 Å². The maximum absolute atomic E-state index is 12.2. The van der Waals surface area contributed by atoms with E-state index < -0.39 is 0 Å². The third-order valence-corrected chi connectivity index (χ3v) is 3.93. The summed E-state index contributed by atoms with van der Waals surface area (Å²) in [6, 6.07) is 3.54. The lowest BCUT2D eigenvalue weighted by molar-refractivity contribution is 0.0922. The average molecular weight is 329 g/mol. The molecule has 2 heterocycles. The number of carbonyl (C=O) groups is 1. The smallest absolute Gasteiger partial charge is 0.272 e. The molecule has 6 nitrogen and oxygen atoms in total. The van der Waals surface area contributed by atoms with Crippen LogP contribution in [0, 0.1) is 5.92 Å². The number of amides is 1. The number of aromatic nitrogens is 2. The minimum absolute atomic E-state index is 0. The molecule has 7 heteroatoms. The summed E-state index contributed by atoms with van der Waals surface area (Å²) in [4.78, 5) is 14.5. The van der Waals surface area contributed by atoms with Crippen molar-refractivity contribution < 1.29 is 9.90 Å². The zero-order valence-corrected chi connectivity index (χ0v) is 13.8. The van der Waals surface area contributed by atoms with Crippen LogP contribution in [0.5, 0.6) is 0 Å². The van der Waals surface area contributed by atoms with Crippen molar-refractivity contribution in [3.63, 3.8) is 0 Å². The van der Waals surface area contributed by atoms with Crippen molar-refractivity contribution in [2.75, 3.05) is 26.2 Å². The van der Waals surface area contributed by atoms with E-state index in [1.54, 1.807) is 18.3 Å². The fraction of sp³-hybridized carbons (Fsp3) is 0.667. The van der Waals surface area contributed by atoms with E-state index >= 15 is 0 Å². The number of nitrogens with one attached hydrogen (secondary N) is 1. The molecule has 0 saturated carbocycles. The minimum Gasteiger partial charge on any atom is -0.396 e. The molecule has 1 aliphatic heterocycles. The van der Waals surface area contributed by atoms with Gasteiger partial charge in [0, 0.05) is 38.5 Å². The average Bonchev–Trinajstić information content (AvgIpc) is 2.88. The summed E-state index contributed by atoms with van der Waals surface area (Å²) in [6.07, 6.45) is 4.55. The molecule has 22 heavy (non-hydrogen) atoms. The molecule has 0 aliphatic carbocycles. The van der Waals surface area contributed by atoms with Crippen molar-refractivity contribution in [3.8, 4) is 0 Å². The van der Waals surface area contributed by atoms with Crippen LogP contribution >= 0.6 is 12.4 Å². The van der Waals surface area contributed by atoms with Gasteiger partial charge in [-0.1, -0.05) is 13.3 Å². The quantitative estimate of drug-likeness (QED) is 0.784. The summed E-state index contributed by atoms with van der Waals surface area (Å²) in [5, 5.41) is 19.6. The first-order valence-corrected chi connectivity index (χ1v) is 7.66. The van der Waals surface area contributed by atoms with E-state index in [2.05, 4.69) is 27.3 Å². The predicted octanol–water partition coefficient (Wildman–Crippen LogP) is 1.11. The van der Waals surface area contributed by atoms with Crippen molar-refractivity contribution in [1.82, 2.24) is 20.4 Å². The molecule has 1 aromatic heterocycles. The molecule has 1 aliphatic rings.